The highest BCUT2D eigenvalue weighted by molar-refractivity contribution is 5.95. The Labute approximate surface area is 233 Å². The lowest BCUT2D eigenvalue weighted by atomic mass is 9.91. The number of rotatable bonds is 6. The lowest BCUT2D eigenvalue weighted by Gasteiger charge is -2.35. The summed E-state index contributed by atoms with van der Waals surface area (Å²) in [5, 5.41) is 15.5. The van der Waals surface area contributed by atoms with Crippen molar-refractivity contribution in [1.82, 2.24) is 20.2 Å². The topological polar surface area (TPSA) is 73.8 Å². The van der Waals surface area contributed by atoms with Gasteiger partial charge in [0.1, 0.15) is 24.3 Å². The van der Waals surface area contributed by atoms with Crippen molar-refractivity contribution in [3.05, 3.63) is 47.9 Å². The van der Waals surface area contributed by atoms with E-state index in [0.717, 1.165) is 45.3 Å². The van der Waals surface area contributed by atoms with Gasteiger partial charge in [0, 0.05) is 66.7 Å². The van der Waals surface area contributed by atoms with E-state index in [2.05, 4.69) is 20.1 Å². The normalized spacial score (nSPS) is 28.4. The molecular formula is C31H37F2N5O2. The van der Waals surface area contributed by atoms with E-state index in [0.29, 0.717) is 65.3 Å². The largest absolute Gasteiger partial charge is 0.476 e. The first-order valence-electron chi connectivity index (χ1n) is 14.5. The maximum atomic E-state index is 16.5. The molecule has 2 unspecified atom stereocenters. The number of hydrogen-bond donors (Lipinski definition) is 2. The van der Waals surface area contributed by atoms with Gasteiger partial charge in [0.2, 0.25) is 5.88 Å². The summed E-state index contributed by atoms with van der Waals surface area (Å²) in [5.74, 6) is 0.560. The van der Waals surface area contributed by atoms with Crippen LogP contribution in [-0.2, 0) is 5.60 Å². The van der Waals surface area contributed by atoms with E-state index >= 15 is 4.39 Å². The lowest BCUT2D eigenvalue weighted by Crippen LogP contribution is -2.51. The van der Waals surface area contributed by atoms with Gasteiger partial charge in [-0.1, -0.05) is 24.3 Å². The predicted octanol–water partition coefficient (Wildman–Crippen LogP) is 4.56. The minimum absolute atomic E-state index is 0.185. The number of benzene rings is 1. The number of alkyl halides is 1. The second-order valence-corrected chi connectivity index (χ2v) is 12.7. The van der Waals surface area contributed by atoms with Crippen LogP contribution in [0.3, 0.4) is 0 Å². The summed E-state index contributed by atoms with van der Waals surface area (Å²) in [6, 6.07) is 9.67. The highest BCUT2D eigenvalue weighted by Gasteiger charge is 2.49. The van der Waals surface area contributed by atoms with Gasteiger partial charge in [0.25, 0.3) is 0 Å². The van der Waals surface area contributed by atoms with Crippen molar-refractivity contribution in [3.63, 3.8) is 0 Å². The molecule has 4 aliphatic rings. The van der Waals surface area contributed by atoms with Crippen molar-refractivity contribution in [2.75, 3.05) is 37.7 Å². The number of hydrogen-bond acceptors (Lipinski definition) is 7. The summed E-state index contributed by atoms with van der Waals surface area (Å²) >= 11 is 0. The molecule has 6 heterocycles. The number of piperazine rings is 1. The summed E-state index contributed by atoms with van der Waals surface area (Å²) in [6.45, 7) is 6.62. The van der Waals surface area contributed by atoms with E-state index in [1.54, 1.807) is 38.2 Å². The number of halogens is 2. The highest BCUT2D eigenvalue weighted by Crippen LogP contribution is 2.42. The van der Waals surface area contributed by atoms with Gasteiger partial charge >= 0.3 is 0 Å². The van der Waals surface area contributed by atoms with Gasteiger partial charge in [0.15, 0.2) is 5.82 Å². The Morgan fingerprint density at radius 1 is 1.15 bits per heavy atom. The second-order valence-electron chi connectivity index (χ2n) is 12.7. The summed E-state index contributed by atoms with van der Waals surface area (Å²) in [7, 11) is 0. The van der Waals surface area contributed by atoms with Crippen molar-refractivity contribution in [2.45, 2.75) is 75.3 Å². The molecule has 2 N–H and O–H groups in total. The molecule has 7 nitrogen and oxygen atoms in total. The van der Waals surface area contributed by atoms with Crippen molar-refractivity contribution >= 4 is 16.6 Å². The quantitative estimate of drug-likeness (QED) is 0.467. The highest BCUT2D eigenvalue weighted by atomic mass is 19.1. The first kappa shape index (κ1) is 26.0. The summed E-state index contributed by atoms with van der Waals surface area (Å²) in [5.41, 5.74) is -0.147. The summed E-state index contributed by atoms with van der Waals surface area (Å²) in [4.78, 5) is 14.0. The van der Waals surface area contributed by atoms with Crippen LogP contribution in [0, 0.1) is 5.82 Å². The molecule has 0 amide bonds. The van der Waals surface area contributed by atoms with Crippen molar-refractivity contribution in [3.8, 4) is 17.1 Å². The van der Waals surface area contributed by atoms with Gasteiger partial charge < -0.3 is 20.1 Å². The van der Waals surface area contributed by atoms with Crippen LogP contribution in [0.4, 0.5) is 14.6 Å². The number of fused-ring (bicyclic) bond motifs is 4. The molecule has 4 aliphatic heterocycles. The van der Waals surface area contributed by atoms with Crippen LogP contribution in [-0.4, -0.2) is 76.6 Å². The number of nitrogens with zero attached hydrogens (tertiary/aromatic N) is 4. The van der Waals surface area contributed by atoms with Gasteiger partial charge in [-0.3, -0.25) is 9.88 Å². The van der Waals surface area contributed by atoms with E-state index in [4.69, 9.17) is 9.72 Å². The zero-order valence-corrected chi connectivity index (χ0v) is 23.2. The van der Waals surface area contributed by atoms with E-state index in [1.165, 1.54) is 0 Å². The molecule has 0 radical (unpaired) electrons. The molecule has 7 rings (SSSR count). The van der Waals surface area contributed by atoms with Gasteiger partial charge in [-0.05, 0) is 51.6 Å². The molecule has 4 atom stereocenters. The number of aromatic nitrogens is 2. The van der Waals surface area contributed by atoms with E-state index in [1.807, 2.05) is 12.1 Å². The molecule has 0 saturated carbocycles. The van der Waals surface area contributed by atoms with Gasteiger partial charge in [-0.15, -0.1) is 0 Å². The monoisotopic (exact) mass is 549 g/mol. The molecule has 2 aromatic heterocycles. The van der Waals surface area contributed by atoms with Crippen LogP contribution in [0.1, 0.15) is 51.5 Å². The molecule has 9 heteroatoms. The zero-order chi connectivity index (χ0) is 27.6. The number of anilines is 1. The van der Waals surface area contributed by atoms with Crippen LogP contribution in [0.25, 0.3) is 22.0 Å². The Balaban J connectivity index is 1.32. The number of ether oxygens (including phenoxy) is 1. The molecule has 1 aromatic carbocycles. The average Bonchev–Trinajstić information content (AvgIpc) is 3.57. The predicted molar refractivity (Wildman–Crippen MR) is 151 cm³/mol. The SMILES string of the molecule is CC(C)(O)c1ccccc1-c1ncc2c(N3CC4CCC(C3)N4)nc(OC[C@@]34CCCN3C[C@H](F)C4)cc2c1F. The van der Waals surface area contributed by atoms with Crippen LogP contribution in [0.2, 0.25) is 0 Å². The lowest BCUT2D eigenvalue weighted by molar-refractivity contribution is 0.0791. The summed E-state index contributed by atoms with van der Waals surface area (Å²) in [6.07, 6.45) is 5.47. The van der Waals surface area contributed by atoms with Crippen molar-refractivity contribution < 1.29 is 18.6 Å². The van der Waals surface area contributed by atoms with E-state index in [-0.39, 0.29) is 11.2 Å². The fourth-order valence-electron chi connectivity index (χ4n) is 7.49. The number of aliphatic hydroxyl groups is 1. The molecule has 3 aromatic rings. The molecule has 4 fully saturated rings. The fourth-order valence-corrected chi connectivity index (χ4v) is 7.49. The number of nitrogens with one attached hydrogen (secondary N) is 1. The molecular weight excluding hydrogens is 512 g/mol. The first-order chi connectivity index (χ1) is 19.2. The van der Waals surface area contributed by atoms with E-state index < -0.39 is 17.6 Å². The van der Waals surface area contributed by atoms with Crippen molar-refractivity contribution in [1.29, 1.82) is 0 Å². The van der Waals surface area contributed by atoms with Gasteiger partial charge in [-0.25, -0.2) is 8.78 Å². The second kappa shape index (κ2) is 9.60. The average molecular weight is 550 g/mol. The maximum Gasteiger partial charge on any atom is 0.216 e. The third-order valence-corrected chi connectivity index (χ3v) is 9.39. The smallest absolute Gasteiger partial charge is 0.216 e. The van der Waals surface area contributed by atoms with E-state index in [9.17, 15) is 9.50 Å². The third kappa shape index (κ3) is 4.43. The molecule has 0 aliphatic carbocycles. The Kier molecular flexibility index (Phi) is 6.25. The van der Waals surface area contributed by atoms with Gasteiger partial charge in [-0.2, -0.15) is 4.98 Å². The van der Waals surface area contributed by atoms with Crippen molar-refractivity contribution in [2.24, 2.45) is 0 Å². The third-order valence-electron chi connectivity index (χ3n) is 9.39. The maximum absolute atomic E-state index is 16.5. The molecule has 212 valence electrons. The molecule has 0 spiro atoms. The van der Waals surface area contributed by atoms with Crippen LogP contribution >= 0.6 is 0 Å². The van der Waals surface area contributed by atoms with Crippen LogP contribution < -0.4 is 15.0 Å². The molecule has 4 saturated heterocycles. The van der Waals surface area contributed by atoms with Gasteiger partial charge in [0.05, 0.1) is 11.1 Å². The minimum Gasteiger partial charge on any atom is -0.476 e. The molecule has 40 heavy (non-hydrogen) atoms. The Morgan fingerprint density at radius 2 is 1.93 bits per heavy atom. The Morgan fingerprint density at radius 3 is 2.70 bits per heavy atom. The van der Waals surface area contributed by atoms with Crippen LogP contribution in [0.15, 0.2) is 36.5 Å². The Bertz CT molecular complexity index is 1430. The Hall–Kier alpha value is -2.88. The summed E-state index contributed by atoms with van der Waals surface area (Å²) < 4.78 is 37.2. The van der Waals surface area contributed by atoms with Crippen LogP contribution in [0.5, 0.6) is 5.88 Å². The zero-order valence-electron chi connectivity index (χ0n) is 23.2. The fraction of sp³-hybridized carbons (Fsp3) is 0.548. The standard InChI is InChI=1S/C31H37F2N5O2/c1-30(2,39)25-7-4-3-6-22(25)28-27(33)23-12-26(40-18-31-10-5-11-38(31)15-19(32)13-31)36-29(24(23)14-34-28)37-16-20-8-9-21(17-37)35-20/h3-4,6-7,12,14,19-21,35,39H,5,8-11,13,15-18H2,1-2H3/t19-,20?,21?,31+/m1/s1. The first-order valence-corrected chi connectivity index (χ1v) is 14.5. The minimum atomic E-state index is -1.17. The molecule has 2 bridgehead atoms. The number of pyridine rings is 2.